The Kier molecular flexibility index (Phi) is 4.84. The number of amides is 3. The first-order valence-electron chi connectivity index (χ1n) is 8.68. The fraction of sp³-hybridized carbons (Fsp3) is 0.750. The van der Waals surface area contributed by atoms with Crippen LogP contribution in [0.1, 0.15) is 51.2 Å². The molecule has 8 heteroatoms. The Balaban J connectivity index is 1.60. The summed E-state index contributed by atoms with van der Waals surface area (Å²) in [5.74, 6) is 1.21. The van der Waals surface area contributed by atoms with E-state index in [2.05, 4.69) is 32.6 Å². The van der Waals surface area contributed by atoms with Gasteiger partial charge in [-0.15, -0.1) is 0 Å². The van der Waals surface area contributed by atoms with Crippen LogP contribution in [0, 0.1) is 5.92 Å². The van der Waals surface area contributed by atoms with Crippen LogP contribution in [-0.4, -0.2) is 45.6 Å². The lowest BCUT2D eigenvalue weighted by Crippen LogP contribution is -2.55. The molecule has 3 rings (SSSR count). The zero-order valence-electron chi connectivity index (χ0n) is 14.3. The summed E-state index contributed by atoms with van der Waals surface area (Å²) >= 11 is 0. The quantitative estimate of drug-likeness (QED) is 0.758. The summed E-state index contributed by atoms with van der Waals surface area (Å²) in [4.78, 5) is 30.3. The highest BCUT2D eigenvalue weighted by atomic mass is 16.5. The number of rotatable bonds is 6. The van der Waals surface area contributed by atoms with E-state index in [0.29, 0.717) is 18.3 Å². The van der Waals surface area contributed by atoms with Gasteiger partial charge in [-0.25, -0.2) is 4.79 Å². The summed E-state index contributed by atoms with van der Waals surface area (Å²) in [5, 5.41) is 9.18. The lowest BCUT2D eigenvalue weighted by atomic mass is 9.80. The Bertz CT molecular complexity index is 617. The number of aryl methyl sites for hydroxylation is 1. The number of nitrogens with zero attached hydrogens (tertiary/aromatic N) is 3. The number of hydrogen-bond donors (Lipinski definition) is 2. The molecular formula is C16H25N5O3. The number of urea groups is 1. The summed E-state index contributed by atoms with van der Waals surface area (Å²) in [7, 11) is 0. The van der Waals surface area contributed by atoms with E-state index in [9.17, 15) is 9.59 Å². The summed E-state index contributed by atoms with van der Waals surface area (Å²) in [6, 6.07) is -0.404. The van der Waals surface area contributed by atoms with Gasteiger partial charge in [-0.1, -0.05) is 18.5 Å². The van der Waals surface area contributed by atoms with Gasteiger partial charge in [0, 0.05) is 18.9 Å². The first kappa shape index (κ1) is 16.9. The lowest BCUT2D eigenvalue weighted by Gasteiger charge is -2.39. The predicted molar refractivity (Wildman–Crippen MR) is 86.0 cm³/mol. The molecule has 0 spiro atoms. The monoisotopic (exact) mass is 335 g/mol. The smallest absolute Gasteiger partial charge is 0.322 e. The van der Waals surface area contributed by atoms with Crippen LogP contribution >= 0.6 is 0 Å². The van der Waals surface area contributed by atoms with Crippen LogP contribution in [-0.2, 0) is 17.8 Å². The molecule has 0 bridgehead atoms. The Morgan fingerprint density at radius 3 is 2.96 bits per heavy atom. The molecular weight excluding hydrogens is 310 g/mol. The van der Waals surface area contributed by atoms with Gasteiger partial charge in [0.1, 0.15) is 5.54 Å². The average Bonchev–Trinajstić information content (AvgIpc) is 3.10. The minimum absolute atomic E-state index is 0.0733. The van der Waals surface area contributed by atoms with Gasteiger partial charge in [0.25, 0.3) is 5.91 Å². The molecule has 0 aromatic carbocycles. The number of carbonyl (C=O) groups excluding carboxylic acids is 2. The maximum Gasteiger partial charge on any atom is 0.322 e. The number of aromatic nitrogens is 2. The average molecular weight is 335 g/mol. The van der Waals surface area contributed by atoms with Gasteiger partial charge in [0.15, 0.2) is 5.82 Å². The van der Waals surface area contributed by atoms with Crippen molar-refractivity contribution in [2.75, 3.05) is 13.1 Å². The van der Waals surface area contributed by atoms with Crippen molar-refractivity contribution in [3.63, 3.8) is 0 Å². The van der Waals surface area contributed by atoms with Crippen LogP contribution in [0.5, 0.6) is 0 Å². The summed E-state index contributed by atoms with van der Waals surface area (Å²) in [6.07, 6.45) is 4.84. The van der Waals surface area contributed by atoms with Crippen molar-refractivity contribution in [3.05, 3.63) is 11.7 Å². The Labute approximate surface area is 141 Å². The fourth-order valence-electron chi connectivity index (χ4n) is 3.50. The van der Waals surface area contributed by atoms with Crippen LogP contribution in [0.15, 0.2) is 4.52 Å². The van der Waals surface area contributed by atoms with Gasteiger partial charge in [-0.3, -0.25) is 15.0 Å². The highest BCUT2D eigenvalue weighted by Crippen LogP contribution is 2.30. The molecule has 0 radical (unpaired) electrons. The van der Waals surface area contributed by atoms with Gasteiger partial charge in [0.05, 0.1) is 6.54 Å². The number of piperidine rings is 1. The van der Waals surface area contributed by atoms with E-state index in [1.807, 2.05) is 0 Å². The molecule has 2 N–H and O–H groups in total. The minimum Gasteiger partial charge on any atom is -0.339 e. The molecule has 2 saturated heterocycles. The van der Waals surface area contributed by atoms with E-state index >= 15 is 0 Å². The topological polar surface area (TPSA) is 100 Å². The molecule has 24 heavy (non-hydrogen) atoms. The number of imide groups is 1. The molecule has 1 aromatic rings. The van der Waals surface area contributed by atoms with Crippen LogP contribution in [0.3, 0.4) is 0 Å². The molecule has 3 heterocycles. The van der Waals surface area contributed by atoms with Gasteiger partial charge >= 0.3 is 6.03 Å². The van der Waals surface area contributed by atoms with Crippen molar-refractivity contribution in [2.24, 2.45) is 5.92 Å². The third kappa shape index (κ3) is 3.43. The molecule has 2 fully saturated rings. The second-order valence-electron chi connectivity index (χ2n) is 6.89. The summed E-state index contributed by atoms with van der Waals surface area (Å²) in [5.41, 5.74) is -0.834. The molecule has 1 aromatic heterocycles. The normalized spacial score (nSPS) is 28.0. The number of carbonyl (C=O) groups is 2. The minimum atomic E-state index is -0.834. The second kappa shape index (κ2) is 6.88. The highest BCUT2D eigenvalue weighted by Gasteiger charge is 2.48. The largest absolute Gasteiger partial charge is 0.339 e. The van der Waals surface area contributed by atoms with Crippen molar-refractivity contribution in [2.45, 2.75) is 58.0 Å². The maximum absolute atomic E-state index is 12.1. The maximum atomic E-state index is 12.1. The van der Waals surface area contributed by atoms with Crippen molar-refractivity contribution in [1.29, 1.82) is 0 Å². The molecule has 0 unspecified atom stereocenters. The van der Waals surface area contributed by atoms with E-state index in [0.717, 1.165) is 45.2 Å². The number of likely N-dealkylation sites (tertiary alicyclic amines) is 1. The van der Waals surface area contributed by atoms with Gasteiger partial charge < -0.3 is 9.84 Å². The Morgan fingerprint density at radius 1 is 1.42 bits per heavy atom. The molecule has 3 amide bonds. The zero-order valence-corrected chi connectivity index (χ0v) is 14.3. The van der Waals surface area contributed by atoms with E-state index in [1.54, 1.807) is 6.92 Å². The number of unbranched alkanes of at least 4 members (excludes halogenated alkanes) is 1. The second-order valence-corrected chi connectivity index (χ2v) is 6.89. The zero-order chi connectivity index (χ0) is 17.2. The Morgan fingerprint density at radius 2 is 2.25 bits per heavy atom. The van der Waals surface area contributed by atoms with Crippen molar-refractivity contribution >= 4 is 11.9 Å². The third-order valence-electron chi connectivity index (χ3n) is 5.01. The molecule has 0 saturated carbocycles. The highest BCUT2D eigenvalue weighted by molar-refractivity contribution is 6.06. The molecule has 8 nitrogen and oxygen atoms in total. The van der Waals surface area contributed by atoms with E-state index in [-0.39, 0.29) is 11.8 Å². The fourth-order valence-corrected chi connectivity index (χ4v) is 3.50. The van der Waals surface area contributed by atoms with Crippen LogP contribution in [0.2, 0.25) is 0 Å². The van der Waals surface area contributed by atoms with E-state index in [1.165, 1.54) is 0 Å². The summed E-state index contributed by atoms with van der Waals surface area (Å²) < 4.78 is 5.28. The predicted octanol–water partition coefficient (Wildman–Crippen LogP) is 1.22. The van der Waals surface area contributed by atoms with Crippen LogP contribution in [0.4, 0.5) is 4.79 Å². The first-order chi connectivity index (χ1) is 11.5. The Hall–Kier alpha value is -1.96. The van der Waals surface area contributed by atoms with Gasteiger partial charge in [-0.05, 0) is 32.7 Å². The first-order valence-corrected chi connectivity index (χ1v) is 8.68. The molecule has 2 aliphatic heterocycles. The van der Waals surface area contributed by atoms with Crippen molar-refractivity contribution in [3.8, 4) is 0 Å². The number of nitrogens with one attached hydrogen (secondary N) is 2. The summed E-state index contributed by atoms with van der Waals surface area (Å²) in [6.45, 7) is 6.20. The standard InChI is InChI=1S/C16H25N5O3/c1-3-4-7-13-17-12(20-24-13)10-21-8-5-6-11(9-21)16(2)14(22)18-15(23)19-16/h11H,3-10H2,1-2H3,(H2,18,19,22,23)/t11-,16-/m1/s1. The molecule has 132 valence electrons. The van der Waals surface area contributed by atoms with E-state index < -0.39 is 11.6 Å². The lowest BCUT2D eigenvalue weighted by molar-refractivity contribution is -0.126. The van der Waals surface area contributed by atoms with Crippen molar-refractivity contribution < 1.29 is 14.1 Å². The van der Waals surface area contributed by atoms with Crippen molar-refractivity contribution in [1.82, 2.24) is 25.7 Å². The van der Waals surface area contributed by atoms with E-state index in [4.69, 9.17) is 4.52 Å². The third-order valence-corrected chi connectivity index (χ3v) is 5.01. The van der Waals surface area contributed by atoms with Gasteiger partial charge in [-0.2, -0.15) is 4.98 Å². The van der Waals surface area contributed by atoms with Gasteiger partial charge in [0.2, 0.25) is 5.89 Å². The van der Waals surface area contributed by atoms with Crippen LogP contribution < -0.4 is 10.6 Å². The molecule has 2 atom stereocenters. The molecule has 2 aliphatic rings. The number of hydrogen-bond acceptors (Lipinski definition) is 6. The SMILES string of the molecule is CCCCc1nc(CN2CCC[C@@H]([C@@]3(C)NC(=O)NC3=O)C2)no1. The van der Waals surface area contributed by atoms with Crippen LogP contribution in [0.25, 0.3) is 0 Å². The molecule has 0 aliphatic carbocycles.